The number of nitrogens with zero attached hydrogens (tertiary/aromatic N) is 4. The van der Waals surface area contributed by atoms with E-state index in [2.05, 4.69) is 25.3 Å². The van der Waals surface area contributed by atoms with Gasteiger partial charge in [-0.1, -0.05) is 132 Å². The molecule has 6 aromatic rings. The van der Waals surface area contributed by atoms with Gasteiger partial charge in [-0.3, -0.25) is 19.6 Å². The van der Waals surface area contributed by atoms with Crippen LogP contribution < -0.4 is 11.1 Å². The maximum atomic E-state index is 12.1. The number of aromatic nitrogens is 4. The summed E-state index contributed by atoms with van der Waals surface area (Å²) in [7, 11) is 0. The minimum atomic E-state index is -0.818. The van der Waals surface area contributed by atoms with Gasteiger partial charge in [0.15, 0.2) is 0 Å². The van der Waals surface area contributed by atoms with E-state index < -0.39 is 5.97 Å². The third-order valence-electron chi connectivity index (χ3n) is 5.79. The molecule has 53 heavy (non-hydrogen) atoms. The van der Waals surface area contributed by atoms with Gasteiger partial charge in [-0.25, -0.2) is 9.97 Å². The lowest BCUT2D eigenvalue weighted by molar-refractivity contribution is -0.136. The number of benzene rings is 2. The average Bonchev–Trinajstić information content (AvgIpc) is 3.24. The van der Waals surface area contributed by atoms with Gasteiger partial charge in [-0.2, -0.15) is 0 Å². The highest BCUT2D eigenvalue weighted by atomic mass is 16.4. The average molecular weight is 725 g/mol. The maximum absolute atomic E-state index is 12.1. The van der Waals surface area contributed by atoms with Crippen LogP contribution in [0.1, 0.15) is 94.2 Å². The minimum absolute atomic E-state index is 0.0447. The number of nitrogens with one attached hydrogen (secondary N) is 1. The number of hydrogen-bond donors (Lipinski definition) is 3. The van der Waals surface area contributed by atoms with Crippen molar-refractivity contribution < 1.29 is 14.7 Å². The van der Waals surface area contributed by atoms with Gasteiger partial charge in [0, 0.05) is 35.6 Å². The maximum Gasteiger partial charge on any atom is 0.307 e. The Morgan fingerprint density at radius 3 is 1.30 bits per heavy atom. The van der Waals surface area contributed by atoms with Crippen LogP contribution in [0.2, 0.25) is 0 Å². The number of hydrogen-bond acceptors (Lipinski definition) is 7. The molecule has 0 aliphatic rings. The molecule has 288 valence electrons. The molecule has 2 aromatic carbocycles. The van der Waals surface area contributed by atoms with Crippen LogP contribution in [0.15, 0.2) is 122 Å². The number of nitrogens with two attached hydrogens (primary N) is 1. The van der Waals surface area contributed by atoms with Crippen LogP contribution in [0, 0.1) is 0 Å². The zero-order valence-electron chi connectivity index (χ0n) is 34.1. The lowest BCUT2D eigenvalue weighted by Gasteiger charge is -2.06. The molecule has 0 saturated heterocycles. The summed E-state index contributed by atoms with van der Waals surface area (Å²) in [6, 6.07) is 29.8. The first-order valence-corrected chi connectivity index (χ1v) is 18.7. The highest BCUT2D eigenvalue weighted by molar-refractivity contribution is 5.94. The van der Waals surface area contributed by atoms with Crippen LogP contribution in [0.25, 0.3) is 21.8 Å². The van der Waals surface area contributed by atoms with Crippen molar-refractivity contribution in [1.29, 1.82) is 0 Å². The molecule has 0 bridgehead atoms. The molecule has 0 spiro atoms. The molecule has 4 heterocycles. The van der Waals surface area contributed by atoms with E-state index in [4.69, 9.17) is 10.8 Å². The van der Waals surface area contributed by atoms with E-state index in [1.54, 1.807) is 43.0 Å². The number of fused-ring (bicyclic) bond motifs is 2. The van der Waals surface area contributed by atoms with Gasteiger partial charge in [0.25, 0.3) is 0 Å². The fourth-order valence-corrected chi connectivity index (χ4v) is 3.95. The predicted octanol–water partition coefficient (Wildman–Crippen LogP) is 11.5. The van der Waals surface area contributed by atoms with Crippen LogP contribution in [0.3, 0.4) is 0 Å². The van der Waals surface area contributed by atoms with Crippen LogP contribution >= 0.6 is 0 Å². The number of amides is 1. The molecule has 0 saturated carbocycles. The second-order valence-electron chi connectivity index (χ2n) is 8.74. The van der Waals surface area contributed by atoms with Crippen molar-refractivity contribution in [1.82, 2.24) is 19.9 Å². The third kappa shape index (κ3) is 22.0. The molecule has 0 aliphatic carbocycles. The number of aliphatic carboxylic acids is 1. The molecule has 1 amide bonds. The highest BCUT2D eigenvalue weighted by Crippen LogP contribution is 2.18. The molecule has 9 nitrogen and oxygen atoms in total. The fraction of sp³-hybridized carbons (Fsp3) is 0.318. The first-order chi connectivity index (χ1) is 26.0. The van der Waals surface area contributed by atoms with Crippen LogP contribution in [0.4, 0.5) is 11.6 Å². The number of nitrogen functional groups attached to an aromatic ring is 1. The Morgan fingerprint density at radius 2 is 0.925 bits per heavy atom. The van der Waals surface area contributed by atoms with Crippen molar-refractivity contribution in [2.24, 2.45) is 0 Å². The monoisotopic (exact) mass is 725 g/mol. The zero-order chi connectivity index (χ0) is 40.9. The fourth-order valence-electron chi connectivity index (χ4n) is 3.95. The molecule has 4 N–H and O–H groups in total. The van der Waals surface area contributed by atoms with E-state index in [-0.39, 0.29) is 12.3 Å². The molecule has 0 unspecified atom stereocenters. The summed E-state index contributed by atoms with van der Waals surface area (Å²) in [6.45, 7) is 24.0. The van der Waals surface area contributed by atoms with Crippen molar-refractivity contribution in [3.05, 3.63) is 133 Å². The number of para-hydroxylation sites is 2. The number of carboxylic acid groups (broad SMARTS) is 1. The van der Waals surface area contributed by atoms with Gasteiger partial charge in [-0.15, -0.1) is 0 Å². The number of carbonyl (C=O) groups is 2. The van der Waals surface area contributed by atoms with E-state index >= 15 is 0 Å². The lowest BCUT2D eigenvalue weighted by atomic mass is 10.1. The molecular weight excluding hydrogens is 661 g/mol. The summed E-state index contributed by atoms with van der Waals surface area (Å²) in [6.07, 6.45) is 7.03. The van der Waals surface area contributed by atoms with Gasteiger partial charge in [0.1, 0.15) is 11.6 Å². The standard InChI is InChI=1S/C16H13N3O.C11H9NO2.C5H6N2.6C2H6/c20-16(19-15-7-3-4-9-18-15)11-12-8-10-17-14-6-2-1-5-13(12)14;13-11(14)7-8-5-6-12-10-4-2-1-3-9(8)10;6-5-3-1-2-4-7-5;6*1-2/h1-10H,11H2,(H,18,19,20);1-6H,7H2,(H,13,14);1-4H,(H2,6,7);6*1-2H3. The second-order valence-corrected chi connectivity index (χ2v) is 8.74. The Kier molecular flexibility index (Phi) is 35.2. The topological polar surface area (TPSA) is 144 Å². The molecule has 4 aromatic heterocycles. The third-order valence-corrected chi connectivity index (χ3v) is 5.79. The smallest absolute Gasteiger partial charge is 0.307 e. The van der Waals surface area contributed by atoms with Crippen LogP contribution in [-0.2, 0) is 22.4 Å². The molecular formula is C44H64N6O3. The van der Waals surface area contributed by atoms with Gasteiger partial charge >= 0.3 is 5.97 Å². The summed E-state index contributed by atoms with van der Waals surface area (Å²) in [4.78, 5) is 38.9. The van der Waals surface area contributed by atoms with Crippen molar-refractivity contribution in [2.45, 2.75) is 95.9 Å². The first kappa shape index (κ1) is 51.7. The Hall–Kier alpha value is -5.70. The lowest BCUT2D eigenvalue weighted by Crippen LogP contribution is -2.15. The number of pyridine rings is 4. The SMILES string of the molecule is CC.CC.CC.CC.CC.CC.Nc1ccccn1.O=C(Cc1ccnc2ccccc12)Nc1ccccn1.O=C(O)Cc1ccnc2ccccc12. The summed E-state index contributed by atoms with van der Waals surface area (Å²) < 4.78 is 0. The Labute approximate surface area is 319 Å². The van der Waals surface area contributed by atoms with Crippen molar-refractivity contribution in [3.8, 4) is 0 Å². The number of carbonyl (C=O) groups excluding carboxylic acids is 1. The zero-order valence-corrected chi connectivity index (χ0v) is 34.1. The molecule has 6 rings (SSSR count). The van der Waals surface area contributed by atoms with E-state index in [9.17, 15) is 9.59 Å². The van der Waals surface area contributed by atoms with E-state index in [0.29, 0.717) is 18.1 Å². The van der Waals surface area contributed by atoms with Crippen LogP contribution in [0.5, 0.6) is 0 Å². The Morgan fingerprint density at radius 1 is 0.509 bits per heavy atom. The predicted molar refractivity (Wildman–Crippen MR) is 228 cm³/mol. The summed E-state index contributed by atoms with van der Waals surface area (Å²) in [5, 5.41) is 13.4. The minimum Gasteiger partial charge on any atom is -0.481 e. The van der Waals surface area contributed by atoms with Gasteiger partial charge in [0.2, 0.25) is 5.91 Å². The van der Waals surface area contributed by atoms with Crippen molar-refractivity contribution in [2.75, 3.05) is 11.1 Å². The number of carboxylic acids is 1. The summed E-state index contributed by atoms with van der Waals surface area (Å²) in [5.74, 6) is 0.236. The van der Waals surface area contributed by atoms with Gasteiger partial charge in [-0.05, 0) is 59.7 Å². The molecule has 0 fully saturated rings. The number of anilines is 2. The second kappa shape index (κ2) is 36.1. The Bertz CT molecular complexity index is 1720. The van der Waals surface area contributed by atoms with E-state index in [1.807, 2.05) is 162 Å². The van der Waals surface area contributed by atoms with Crippen molar-refractivity contribution >= 4 is 45.3 Å². The first-order valence-electron chi connectivity index (χ1n) is 18.7. The normalized spacial score (nSPS) is 8.45. The summed E-state index contributed by atoms with van der Waals surface area (Å²) in [5.41, 5.74) is 8.76. The highest BCUT2D eigenvalue weighted by Gasteiger charge is 2.08. The van der Waals surface area contributed by atoms with E-state index in [0.717, 1.165) is 32.9 Å². The van der Waals surface area contributed by atoms with Crippen molar-refractivity contribution in [3.63, 3.8) is 0 Å². The Balaban J connectivity index is -0.000000661. The molecule has 0 atom stereocenters. The quantitative estimate of drug-likeness (QED) is 0.159. The largest absolute Gasteiger partial charge is 0.481 e. The van der Waals surface area contributed by atoms with Gasteiger partial charge in [0.05, 0.1) is 23.9 Å². The summed E-state index contributed by atoms with van der Waals surface area (Å²) >= 11 is 0. The molecule has 0 radical (unpaired) electrons. The van der Waals surface area contributed by atoms with Gasteiger partial charge < -0.3 is 16.2 Å². The molecule has 0 aliphatic heterocycles. The number of rotatable bonds is 5. The van der Waals surface area contributed by atoms with Crippen LogP contribution in [-0.4, -0.2) is 36.9 Å². The van der Waals surface area contributed by atoms with E-state index in [1.165, 1.54) is 0 Å². The molecule has 9 heteroatoms.